The van der Waals surface area contributed by atoms with Crippen LogP contribution in [0.3, 0.4) is 0 Å². The van der Waals surface area contributed by atoms with Gasteiger partial charge < -0.3 is 14.7 Å². The lowest BCUT2D eigenvalue weighted by atomic mass is 10.2. The Morgan fingerprint density at radius 1 is 1.75 bits per heavy atom. The molecule has 1 amide bonds. The molecule has 1 aliphatic rings. The van der Waals surface area contributed by atoms with Gasteiger partial charge in [0, 0.05) is 13.1 Å². The number of rotatable bonds is 3. The average molecular weight is 223 g/mol. The van der Waals surface area contributed by atoms with E-state index in [4.69, 9.17) is 4.52 Å². The number of amides is 1. The highest BCUT2D eigenvalue weighted by Crippen LogP contribution is 2.10. The van der Waals surface area contributed by atoms with E-state index in [0.717, 1.165) is 30.8 Å². The molecule has 1 fully saturated rings. The standard InChI is InChI=1S/C11H17N3O2/c1-8-6-9(13-16-8)7-14(2)11(15)10-4-3-5-12-10/h6,10,12H,3-5,7H2,1-2H3/t10-/m1/s1. The van der Waals surface area contributed by atoms with Crippen molar-refractivity contribution < 1.29 is 9.32 Å². The van der Waals surface area contributed by atoms with Gasteiger partial charge in [-0.05, 0) is 26.3 Å². The van der Waals surface area contributed by atoms with Gasteiger partial charge >= 0.3 is 0 Å². The molecule has 0 spiro atoms. The smallest absolute Gasteiger partial charge is 0.239 e. The van der Waals surface area contributed by atoms with Crippen molar-refractivity contribution in [2.75, 3.05) is 13.6 Å². The van der Waals surface area contributed by atoms with E-state index in [2.05, 4.69) is 10.5 Å². The first-order valence-electron chi connectivity index (χ1n) is 5.57. The Morgan fingerprint density at radius 3 is 3.12 bits per heavy atom. The summed E-state index contributed by atoms with van der Waals surface area (Å²) in [5.74, 6) is 0.910. The summed E-state index contributed by atoms with van der Waals surface area (Å²) in [4.78, 5) is 13.7. The molecule has 0 bridgehead atoms. The van der Waals surface area contributed by atoms with Crippen molar-refractivity contribution in [3.05, 3.63) is 17.5 Å². The summed E-state index contributed by atoms with van der Waals surface area (Å²) in [6, 6.07) is 1.84. The molecule has 2 rings (SSSR count). The fraction of sp³-hybridized carbons (Fsp3) is 0.636. The van der Waals surface area contributed by atoms with Gasteiger partial charge in [0.2, 0.25) is 5.91 Å². The molecule has 1 aromatic rings. The molecule has 16 heavy (non-hydrogen) atoms. The Bertz CT molecular complexity index is 369. The van der Waals surface area contributed by atoms with Gasteiger partial charge in [-0.15, -0.1) is 0 Å². The van der Waals surface area contributed by atoms with Crippen LogP contribution >= 0.6 is 0 Å². The monoisotopic (exact) mass is 223 g/mol. The van der Waals surface area contributed by atoms with Crippen LogP contribution in [0.25, 0.3) is 0 Å². The Balaban J connectivity index is 1.91. The van der Waals surface area contributed by atoms with Crippen molar-refractivity contribution >= 4 is 5.91 Å². The second-order valence-corrected chi connectivity index (χ2v) is 4.27. The average Bonchev–Trinajstić information content (AvgIpc) is 2.88. The molecule has 1 N–H and O–H groups in total. The van der Waals surface area contributed by atoms with Crippen molar-refractivity contribution in [3.63, 3.8) is 0 Å². The Labute approximate surface area is 94.8 Å². The first-order chi connectivity index (χ1) is 7.66. The lowest BCUT2D eigenvalue weighted by Gasteiger charge is -2.19. The van der Waals surface area contributed by atoms with Crippen LogP contribution in [0.5, 0.6) is 0 Å². The molecule has 88 valence electrons. The Kier molecular flexibility index (Phi) is 3.24. The van der Waals surface area contributed by atoms with E-state index in [9.17, 15) is 4.79 Å². The summed E-state index contributed by atoms with van der Waals surface area (Å²) in [5, 5.41) is 7.07. The zero-order valence-electron chi connectivity index (χ0n) is 9.69. The molecule has 0 aromatic carbocycles. The van der Waals surface area contributed by atoms with E-state index in [0.29, 0.717) is 6.54 Å². The molecule has 2 heterocycles. The van der Waals surface area contributed by atoms with Gasteiger partial charge in [-0.3, -0.25) is 4.79 Å². The summed E-state index contributed by atoms with van der Waals surface area (Å²) in [7, 11) is 1.80. The number of nitrogens with zero attached hydrogens (tertiary/aromatic N) is 2. The van der Waals surface area contributed by atoms with Crippen LogP contribution in [0.2, 0.25) is 0 Å². The maximum absolute atomic E-state index is 12.0. The number of aryl methyl sites for hydroxylation is 1. The van der Waals surface area contributed by atoms with Crippen LogP contribution < -0.4 is 5.32 Å². The topological polar surface area (TPSA) is 58.4 Å². The molecule has 1 saturated heterocycles. The van der Waals surface area contributed by atoms with Gasteiger partial charge in [0.1, 0.15) is 11.5 Å². The Hall–Kier alpha value is -1.36. The third-order valence-corrected chi connectivity index (χ3v) is 2.81. The minimum atomic E-state index is -0.0157. The molecule has 5 heteroatoms. The van der Waals surface area contributed by atoms with Crippen LogP contribution in [-0.4, -0.2) is 35.6 Å². The first-order valence-corrected chi connectivity index (χ1v) is 5.57. The summed E-state index contributed by atoms with van der Waals surface area (Å²) < 4.78 is 4.97. The minimum Gasteiger partial charge on any atom is -0.361 e. The van der Waals surface area contributed by atoms with Gasteiger partial charge in [-0.2, -0.15) is 0 Å². The van der Waals surface area contributed by atoms with Crippen molar-refractivity contribution in [2.45, 2.75) is 32.4 Å². The van der Waals surface area contributed by atoms with Gasteiger partial charge in [0.05, 0.1) is 12.6 Å². The fourth-order valence-electron chi connectivity index (χ4n) is 1.97. The number of aromatic nitrogens is 1. The third-order valence-electron chi connectivity index (χ3n) is 2.81. The van der Waals surface area contributed by atoms with Crippen molar-refractivity contribution in [1.82, 2.24) is 15.4 Å². The van der Waals surface area contributed by atoms with E-state index in [-0.39, 0.29) is 11.9 Å². The molecular weight excluding hydrogens is 206 g/mol. The van der Waals surface area contributed by atoms with Crippen LogP contribution in [0.1, 0.15) is 24.3 Å². The SMILES string of the molecule is Cc1cc(CN(C)C(=O)[C@H]2CCCN2)no1. The van der Waals surface area contributed by atoms with E-state index >= 15 is 0 Å². The second-order valence-electron chi connectivity index (χ2n) is 4.27. The lowest BCUT2D eigenvalue weighted by Crippen LogP contribution is -2.41. The van der Waals surface area contributed by atoms with Crippen LogP contribution in [0.15, 0.2) is 10.6 Å². The normalized spacial score (nSPS) is 20.0. The molecule has 0 unspecified atom stereocenters. The van der Waals surface area contributed by atoms with Crippen LogP contribution in [0.4, 0.5) is 0 Å². The van der Waals surface area contributed by atoms with E-state index in [1.54, 1.807) is 11.9 Å². The second kappa shape index (κ2) is 4.65. The van der Waals surface area contributed by atoms with Gasteiger partial charge in [-0.25, -0.2) is 0 Å². The molecule has 0 saturated carbocycles. The maximum atomic E-state index is 12.0. The van der Waals surface area contributed by atoms with Crippen LogP contribution in [-0.2, 0) is 11.3 Å². The van der Waals surface area contributed by atoms with Crippen molar-refractivity contribution in [3.8, 4) is 0 Å². The zero-order valence-corrected chi connectivity index (χ0v) is 9.69. The molecular formula is C11H17N3O2. The minimum absolute atomic E-state index is 0.0157. The van der Waals surface area contributed by atoms with Gasteiger partial charge in [-0.1, -0.05) is 5.16 Å². The highest BCUT2D eigenvalue weighted by atomic mass is 16.5. The van der Waals surface area contributed by atoms with Crippen molar-refractivity contribution in [2.24, 2.45) is 0 Å². The Morgan fingerprint density at radius 2 is 2.56 bits per heavy atom. The van der Waals surface area contributed by atoms with E-state index < -0.39 is 0 Å². The summed E-state index contributed by atoms with van der Waals surface area (Å²) in [6.07, 6.45) is 2.01. The van der Waals surface area contributed by atoms with Gasteiger partial charge in [0.15, 0.2) is 0 Å². The summed E-state index contributed by atoms with van der Waals surface area (Å²) in [6.45, 7) is 3.29. The fourth-order valence-corrected chi connectivity index (χ4v) is 1.97. The maximum Gasteiger partial charge on any atom is 0.239 e. The van der Waals surface area contributed by atoms with Crippen LogP contribution in [0, 0.1) is 6.92 Å². The molecule has 1 aromatic heterocycles. The number of carbonyl (C=O) groups is 1. The van der Waals surface area contributed by atoms with E-state index in [1.165, 1.54) is 0 Å². The molecule has 0 radical (unpaired) electrons. The molecule has 0 aliphatic carbocycles. The highest BCUT2D eigenvalue weighted by molar-refractivity contribution is 5.81. The molecule has 5 nitrogen and oxygen atoms in total. The number of carbonyl (C=O) groups excluding carboxylic acids is 1. The lowest BCUT2D eigenvalue weighted by molar-refractivity contribution is -0.132. The number of likely N-dealkylation sites (N-methyl/N-ethyl adjacent to an activating group) is 1. The van der Waals surface area contributed by atoms with Gasteiger partial charge in [0.25, 0.3) is 0 Å². The predicted octanol–water partition coefficient (Wildman–Crippen LogP) is 0.693. The highest BCUT2D eigenvalue weighted by Gasteiger charge is 2.25. The largest absolute Gasteiger partial charge is 0.361 e. The summed E-state index contributed by atoms with van der Waals surface area (Å²) in [5.41, 5.74) is 0.798. The third kappa shape index (κ3) is 2.41. The van der Waals surface area contributed by atoms with Crippen molar-refractivity contribution in [1.29, 1.82) is 0 Å². The zero-order chi connectivity index (χ0) is 11.5. The number of hydrogen-bond acceptors (Lipinski definition) is 4. The predicted molar refractivity (Wildman–Crippen MR) is 58.7 cm³/mol. The summed E-state index contributed by atoms with van der Waals surface area (Å²) >= 11 is 0. The van der Waals surface area contributed by atoms with E-state index in [1.807, 2.05) is 13.0 Å². The molecule has 1 aliphatic heterocycles. The first kappa shape index (κ1) is 11.1. The number of nitrogens with one attached hydrogen (secondary N) is 1. The quantitative estimate of drug-likeness (QED) is 0.819. The molecule has 1 atom stereocenters. The number of hydrogen-bond donors (Lipinski definition) is 1.